The van der Waals surface area contributed by atoms with Crippen molar-refractivity contribution in [3.05, 3.63) is 54.4 Å². The van der Waals surface area contributed by atoms with Crippen LogP contribution in [0.25, 0.3) is 21.8 Å². The number of hydrogen-bond donors (Lipinski definition) is 1. The van der Waals surface area contributed by atoms with Crippen molar-refractivity contribution in [3.8, 4) is 21.8 Å². The quantitative estimate of drug-likeness (QED) is 0.747. The van der Waals surface area contributed by atoms with E-state index in [0.717, 1.165) is 35.6 Å². The minimum atomic E-state index is -0.115. The van der Waals surface area contributed by atoms with Gasteiger partial charge in [0.1, 0.15) is 5.76 Å². The van der Waals surface area contributed by atoms with Crippen LogP contribution in [0.1, 0.15) is 23.4 Å². The highest BCUT2D eigenvalue weighted by molar-refractivity contribution is 7.09. The summed E-state index contributed by atoms with van der Waals surface area (Å²) in [7, 11) is 0. The number of carbonyl (C=O) groups excluding carboxylic acids is 1. The summed E-state index contributed by atoms with van der Waals surface area (Å²) >= 11 is 1.45. The molecule has 0 unspecified atom stereocenters. The third kappa shape index (κ3) is 3.19. The molecule has 0 saturated carbocycles. The fraction of sp³-hybridized carbons (Fsp3) is 0.333. The third-order valence-electron chi connectivity index (χ3n) is 5.70. The van der Waals surface area contributed by atoms with Crippen molar-refractivity contribution in [1.29, 1.82) is 0 Å². The first-order chi connectivity index (χ1) is 13.3. The van der Waals surface area contributed by atoms with Gasteiger partial charge in [0.05, 0.1) is 4.88 Å². The van der Waals surface area contributed by atoms with Crippen LogP contribution in [0.3, 0.4) is 0 Å². The second kappa shape index (κ2) is 6.94. The Kier molecular flexibility index (Phi) is 4.30. The summed E-state index contributed by atoms with van der Waals surface area (Å²) in [6.45, 7) is 3.28. The van der Waals surface area contributed by atoms with Crippen LogP contribution in [-0.2, 0) is 0 Å². The highest BCUT2D eigenvalue weighted by Crippen LogP contribution is 2.34. The van der Waals surface area contributed by atoms with Gasteiger partial charge in [-0.3, -0.25) is 4.79 Å². The molecule has 3 saturated heterocycles. The topological polar surface area (TPSA) is 58.4 Å². The SMILES string of the molecule is O=C(N[C@H]1CN2CCC1CC2)c1ccc(-c2ccccc2-c2ccns2)o1. The highest BCUT2D eigenvalue weighted by atomic mass is 32.1. The van der Waals surface area contributed by atoms with Crippen LogP contribution >= 0.6 is 11.5 Å². The molecular weight excluding hydrogens is 358 g/mol. The maximum absolute atomic E-state index is 12.7. The lowest BCUT2D eigenvalue weighted by molar-refractivity contribution is 0.0606. The number of aromatic nitrogens is 1. The van der Waals surface area contributed by atoms with Crippen LogP contribution in [-0.4, -0.2) is 40.9 Å². The minimum absolute atomic E-state index is 0.115. The average Bonchev–Trinajstić information content (AvgIpc) is 3.41. The number of hydrogen-bond acceptors (Lipinski definition) is 5. The molecule has 1 atom stereocenters. The Labute approximate surface area is 162 Å². The molecule has 3 aliphatic heterocycles. The molecule has 5 heterocycles. The molecule has 1 aromatic carbocycles. The Morgan fingerprint density at radius 3 is 2.63 bits per heavy atom. The molecule has 1 N–H and O–H groups in total. The first-order valence-electron chi connectivity index (χ1n) is 9.41. The van der Waals surface area contributed by atoms with E-state index in [0.29, 0.717) is 17.4 Å². The lowest BCUT2D eigenvalue weighted by Crippen LogP contribution is -2.57. The maximum Gasteiger partial charge on any atom is 0.287 e. The normalized spacial score (nSPS) is 24.1. The molecule has 1 amide bonds. The van der Waals surface area contributed by atoms with Gasteiger partial charge in [0.2, 0.25) is 0 Å². The zero-order valence-corrected chi connectivity index (χ0v) is 15.7. The van der Waals surface area contributed by atoms with Gasteiger partial charge in [0.15, 0.2) is 5.76 Å². The maximum atomic E-state index is 12.7. The molecule has 5 nitrogen and oxygen atoms in total. The van der Waals surface area contributed by atoms with Crippen molar-refractivity contribution in [2.45, 2.75) is 18.9 Å². The molecule has 27 heavy (non-hydrogen) atoms. The van der Waals surface area contributed by atoms with Crippen LogP contribution in [0.4, 0.5) is 0 Å². The Morgan fingerprint density at radius 1 is 1.11 bits per heavy atom. The first kappa shape index (κ1) is 16.7. The highest BCUT2D eigenvalue weighted by Gasteiger charge is 2.35. The Hall–Kier alpha value is -2.44. The standard InChI is InChI=1S/C21H21N3O2S/c25-21(23-17-13-24-11-8-14(17)9-12-24)19-6-5-18(26-19)15-3-1-2-4-16(15)20-7-10-22-27-20/h1-7,10,14,17H,8-9,11-13H2,(H,23,25)/t17-/m0/s1. The van der Waals surface area contributed by atoms with Crippen LogP contribution in [0.2, 0.25) is 0 Å². The summed E-state index contributed by atoms with van der Waals surface area (Å²) in [6.07, 6.45) is 4.15. The minimum Gasteiger partial charge on any atom is -0.451 e. The number of amides is 1. The zero-order chi connectivity index (χ0) is 18.2. The number of carbonyl (C=O) groups is 1. The van der Waals surface area contributed by atoms with Gasteiger partial charge in [0, 0.05) is 29.9 Å². The number of benzene rings is 1. The Morgan fingerprint density at radius 2 is 1.93 bits per heavy atom. The molecule has 0 spiro atoms. The lowest BCUT2D eigenvalue weighted by atomic mass is 9.84. The molecule has 2 aromatic heterocycles. The average molecular weight is 379 g/mol. The van der Waals surface area contributed by atoms with Gasteiger partial charge in [-0.05, 0) is 61.6 Å². The summed E-state index contributed by atoms with van der Waals surface area (Å²) in [5.41, 5.74) is 2.04. The Balaban J connectivity index is 1.37. The van der Waals surface area contributed by atoms with Gasteiger partial charge in [0.25, 0.3) is 5.91 Å². The largest absolute Gasteiger partial charge is 0.451 e. The van der Waals surface area contributed by atoms with Crippen LogP contribution in [0.15, 0.2) is 53.1 Å². The zero-order valence-electron chi connectivity index (χ0n) is 14.9. The van der Waals surface area contributed by atoms with Gasteiger partial charge >= 0.3 is 0 Å². The van der Waals surface area contributed by atoms with E-state index in [-0.39, 0.29) is 11.9 Å². The Bertz CT molecular complexity index is 942. The molecule has 6 rings (SSSR count). The number of piperidine rings is 3. The molecule has 3 fully saturated rings. The van der Waals surface area contributed by atoms with E-state index in [9.17, 15) is 4.79 Å². The van der Waals surface area contributed by atoms with Crippen LogP contribution < -0.4 is 5.32 Å². The molecule has 3 aliphatic rings. The smallest absolute Gasteiger partial charge is 0.287 e. The van der Waals surface area contributed by atoms with Crippen molar-refractivity contribution in [1.82, 2.24) is 14.6 Å². The molecule has 0 aliphatic carbocycles. The fourth-order valence-corrected chi connectivity index (χ4v) is 4.87. The molecule has 3 aromatic rings. The first-order valence-corrected chi connectivity index (χ1v) is 10.2. The van der Waals surface area contributed by atoms with Crippen molar-refractivity contribution >= 4 is 17.4 Å². The fourth-order valence-electron chi connectivity index (χ4n) is 4.24. The van der Waals surface area contributed by atoms with E-state index in [1.165, 1.54) is 24.4 Å². The van der Waals surface area contributed by atoms with E-state index >= 15 is 0 Å². The van der Waals surface area contributed by atoms with Crippen LogP contribution in [0.5, 0.6) is 0 Å². The predicted molar refractivity (Wildman–Crippen MR) is 106 cm³/mol. The summed E-state index contributed by atoms with van der Waals surface area (Å²) in [6, 6.07) is 13.9. The van der Waals surface area contributed by atoms with E-state index in [2.05, 4.69) is 20.7 Å². The number of furan rings is 1. The number of nitrogens with zero attached hydrogens (tertiary/aromatic N) is 2. The van der Waals surface area contributed by atoms with E-state index in [1.54, 1.807) is 12.3 Å². The van der Waals surface area contributed by atoms with E-state index in [1.807, 2.05) is 30.3 Å². The van der Waals surface area contributed by atoms with Gasteiger partial charge in [-0.25, -0.2) is 4.37 Å². The van der Waals surface area contributed by atoms with Crippen molar-refractivity contribution in [3.63, 3.8) is 0 Å². The van der Waals surface area contributed by atoms with Gasteiger partial charge < -0.3 is 14.6 Å². The summed E-state index contributed by atoms with van der Waals surface area (Å²) < 4.78 is 10.1. The lowest BCUT2D eigenvalue weighted by Gasteiger charge is -2.44. The molecule has 138 valence electrons. The van der Waals surface area contributed by atoms with Crippen molar-refractivity contribution in [2.24, 2.45) is 5.92 Å². The molecule has 2 bridgehead atoms. The monoisotopic (exact) mass is 379 g/mol. The summed E-state index contributed by atoms with van der Waals surface area (Å²) in [5.74, 6) is 1.56. The summed E-state index contributed by atoms with van der Waals surface area (Å²) in [5, 5.41) is 3.19. The van der Waals surface area contributed by atoms with Gasteiger partial charge in [-0.2, -0.15) is 0 Å². The van der Waals surface area contributed by atoms with E-state index in [4.69, 9.17) is 4.42 Å². The molecule has 0 radical (unpaired) electrons. The van der Waals surface area contributed by atoms with Crippen molar-refractivity contribution < 1.29 is 9.21 Å². The second-order valence-corrected chi connectivity index (χ2v) is 8.14. The molecular formula is C21H21N3O2S. The van der Waals surface area contributed by atoms with Crippen LogP contribution in [0, 0.1) is 5.92 Å². The predicted octanol–water partition coefficient (Wildman–Crippen LogP) is 3.89. The summed E-state index contributed by atoms with van der Waals surface area (Å²) in [4.78, 5) is 16.2. The molecule has 6 heteroatoms. The van der Waals surface area contributed by atoms with E-state index < -0.39 is 0 Å². The number of fused-ring (bicyclic) bond motifs is 3. The van der Waals surface area contributed by atoms with Gasteiger partial charge in [-0.15, -0.1) is 0 Å². The number of rotatable bonds is 4. The third-order valence-corrected chi connectivity index (χ3v) is 6.48. The van der Waals surface area contributed by atoms with Gasteiger partial charge in [-0.1, -0.05) is 24.3 Å². The van der Waals surface area contributed by atoms with Crippen molar-refractivity contribution in [2.75, 3.05) is 19.6 Å². The second-order valence-electron chi connectivity index (χ2n) is 7.30. The number of nitrogens with one attached hydrogen (secondary N) is 1.